The Morgan fingerprint density at radius 1 is 1.83 bits per heavy atom. The molecule has 38 valence electrons. The summed E-state index contributed by atoms with van der Waals surface area (Å²) in [7, 11) is 7.00. The highest BCUT2D eigenvalue weighted by Gasteiger charge is 1.79. The van der Waals surface area contributed by atoms with Crippen molar-refractivity contribution in [1.82, 2.24) is 0 Å². The molecule has 6 heavy (non-hydrogen) atoms. The molecule has 0 aliphatic carbocycles. The zero-order valence-electron chi connectivity index (χ0n) is 3.91. The molecule has 0 saturated heterocycles. The van der Waals surface area contributed by atoms with Gasteiger partial charge < -0.3 is 0 Å². The summed E-state index contributed by atoms with van der Waals surface area (Å²) < 4.78 is 0. The summed E-state index contributed by atoms with van der Waals surface area (Å²) in [5.74, 6) is 0. The summed E-state index contributed by atoms with van der Waals surface area (Å²) in [6.07, 6.45) is 1.31. The fraction of sp³-hybridized carbons (Fsp3) is 1.00. The lowest BCUT2D eigenvalue weighted by Crippen LogP contribution is -1.73. The second-order valence-corrected chi connectivity index (χ2v) is 6.34. The maximum absolute atomic E-state index is 5.36. The van der Waals surface area contributed by atoms with Crippen molar-refractivity contribution in [2.24, 2.45) is 0 Å². The fourth-order valence-electron chi connectivity index (χ4n) is 0.199. The van der Waals surface area contributed by atoms with Gasteiger partial charge in [-0.2, -0.15) is 0 Å². The minimum atomic E-state index is 0.104. The molecule has 0 heterocycles. The standard InChI is InChI=1S/C3H9ClSSi/c1-2-3-6-5-4/h2-3,6H2,1H3. The van der Waals surface area contributed by atoms with Crippen LogP contribution in [0.15, 0.2) is 0 Å². The van der Waals surface area contributed by atoms with E-state index >= 15 is 0 Å². The van der Waals surface area contributed by atoms with Crippen LogP contribution in [-0.2, 0) is 0 Å². The van der Waals surface area contributed by atoms with Crippen molar-refractivity contribution in [3.8, 4) is 0 Å². The fourth-order valence-corrected chi connectivity index (χ4v) is 2.77. The first-order valence-corrected chi connectivity index (χ1v) is 6.69. The Morgan fingerprint density at radius 3 is 2.67 bits per heavy atom. The van der Waals surface area contributed by atoms with E-state index in [4.69, 9.17) is 10.7 Å². The zero-order chi connectivity index (χ0) is 4.83. The predicted molar refractivity (Wildman–Crippen MR) is 37.1 cm³/mol. The largest absolute Gasteiger partial charge is 0.106 e. The van der Waals surface area contributed by atoms with Gasteiger partial charge in [0.2, 0.25) is 0 Å². The number of hydrogen-bond acceptors (Lipinski definition) is 1. The minimum absolute atomic E-state index is 0.104. The van der Waals surface area contributed by atoms with E-state index in [9.17, 15) is 0 Å². The Labute approximate surface area is 49.6 Å². The first-order chi connectivity index (χ1) is 2.91. The molecule has 0 nitrogen and oxygen atoms in total. The molecule has 0 bridgehead atoms. The third-order valence-corrected chi connectivity index (χ3v) is 4.44. The van der Waals surface area contributed by atoms with Gasteiger partial charge in [0.05, 0.1) is 0 Å². The van der Waals surface area contributed by atoms with E-state index in [1.165, 1.54) is 22.9 Å². The second-order valence-electron chi connectivity index (χ2n) is 1.17. The van der Waals surface area contributed by atoms with Crippen molar-refractivity contribution in [1.29, 1.82) is 0 Å². The van der Waals surface area contributed by atoms with E-state index in [-0.39, 0.29) is 8.67 Å². The highest BCUT2D eigenvalue weighted by molar-refractivity contribution is 8.39. The lowest BCUT2D eigenvalue weighted by Gasteiger charge is -1.82. The van der Waals surface area contributed by atoms with Crippen molar-refractivity contribution in [2.75, 3.05) is 0 Å². The smallest absolute Gasteiger partial charge is 0.0925 e. The Bertz CT molecular complexity index is 22.8. The molecule has 0 aliphatic rings. The van der Waals surface area contributed by atoms with Crippen molar-refractivity contribution in [3.05, 3.63) is 0 Å². The van der Waals surface area contributed by atoms with Crippen LogP contribution in [0.5, 0.6) is 0 Å². The van der Waals surface area contributed by atoms with Crippen LogP contribution in [0.4, 0.5) is 0 Å². The molecule has 0 aromatic rings. The first kappa shape index (κ1) is 6.86. The molecular formula is C3H9ClSSi. The molecule has 3 heteroatoms. The van der Waals surface area contributed by atoms with Gasteiger partial charge in [-0.15, -0.1) is 0 Å². The molecule has 0 rings (SSSR count). The minimum Gasteiger partial charge on any atom is -0.0925 e. The molecule has 0 saturated carbocycles. The van der Waals surface area contributed by atoms with Crippen LogP contribution in [0.3, 0.4) is 0 Å². The SMILES string of the molecule is CCC[SiH2]SCl. The van der Waals surface area contributed by atoms with Crippen molar-refractivity contribution < 1.29 is 0 Å². The monoisotopic (exact) mass is 140 g/mol. The van der Waals surface area contributed by atoms with E-state index in [0.29, 0.717) is 0 Å². The Hall–Kier alpha value is 0.857. The van der Waals surface area contributed by atoms with Gasteiger partial charge in [-0.1, -0.05) is 40.5 Å². The summed E-state index contributed by atoms with van der Waals surface area (Å²) in [4.78, 5) is 0. The van der Waals surface area contributed by atoms with E-state index in [0.717, 1.165) is 0 Å². The quantitative estimate of drug-likeness (QED) is 0.426. The van der Waals surface area contributed by atoms with E-state index in [1.807, 2.05) is 0 Å². The Balaban J connectivity index is 2.34. The van der Waals surface area contributed by atoms with Crippen LogP contribution in [0, 0.1) is 0 Å². The van der Waals surface area contributed by atoms with Crippen LogP contribution >= 0.6 is 21.1 Å². The lowest BCUT2D eigenvalue weighted by atomic mass is 10.6. The molecule has 0 radical (unpaired) electrons. The van der Waals surface area contributed by atoms with Crippen LogP contribution in [0.25, 0.3) is 0 Å². The highest BCUT2D eigenvalue weighted by Crippen LogP contribution is 2.05. The molecular weight excluding hydrogens is 132 g/mol. The topological polar surface area (TPSA) is 0 Å². The predicted octanol–water partition coefficient (Wildman–Crippen LogP) is 1.79. The average molecular weight is 141 g/mol. The van der Waals surface area contributed by atoms with Crippen LogP contribution in [0.1, 0.15) is 13.3 Å². The molecule has 0 unspecified atom stereocenters. The molecule has 0 amide bonds. The zero-order valence-corrected chi connectivity index (χ0v) is 6.89. The van der Waals surface area contributed by atoms with Gasteiger partial charge in [0.1, 0.15) is 8.67 Å². The summed E-state index contributed by atoms with van der Waals surface area (Å²) in [5, 5.41) is 0. The van der Waals surface area contributed by atoms with Gasteiger partial charge >= 0.3 is 0 Å². The number of rotatable bonds is 3. The van der Waals surface area contributed by atoms with Gasteiger partial charge in [-0.05, 0) is 0 Å². The molecule has 0 aromatic carbocycles. The normalized spacial score (nSPS) is 11.0. The van der Waals surface area contributed by atoms with E-state index < -0.39 is 0 Å². The summed E-state index contributed by atoms with van der Waals surface area (Å²) in [5.41, 5.74) is 0. The Morgan fingerprint density at radius 2 is 2.50 bits per heavy atom. The summed E-state index contributed by atoms with van der Waals surface area (Å²) >= 11 is 0. The third-order valence-electron chi connectivity index (χ3n) is 0.575. The third kappa shape index (κ3) is 4.86. The van der Waals surface area contributed by atoms with Crippen LogP contribution < -0.4 is 0 Å². The molecule has 0 spiro atoms. The van der Waals surface area contributed by atoms with E-state index in [1.54, 1.807) is 0 Å². The highest BCUT2D eigenvalue weighted by atomic mass is 35.7. The van der Waals surface area contributed by atoms with Crippen molar-refractivity contribution in [2.45, 2.75) is 19.4 Å². The number of halogens is 1. The van der Waals surface area contributed by atoms with Gasteiger partial charge in [0.25, 0.3) is 0 Å². The Kier molecular flexibility index (Phi) is 6.69. The maximum atomic E-state index is 5.36. The van der Waals surface area contributed by atoms with Crippen molar-refractivity contribution >= 4 is 29.8 Å². The molecule has 0 aromatic heterocycles. The molecule has 0 fully saturated rings. The lowest BCUT2D eigenvalue weighted by molar-refractivity contribution is 1.08. The van der Waals surface area contributed by atoms with Gasteiger partial charge in [-0.3, -0.25) is 0 Å². The van der Waals surface area contributed by atoms with E-state index in [2.05, 4.69) is 6.92 Å². The summed E-state index contributed by atoms with van der Waals surface area (Å²) in [6.45, 7) is 2.19. The molecule has 0 atom stereocenters. The maximum Gasteiger partial charge on any atom is 0.106 e. The van der Waals surface area contributed by atoms with Gasteiger partial charge in [0.15, 0.2) is 0 Å². The first-order valence-electron chi connectivity index (χ1n) is 2.15. The second kappa shape index (κ2) is 5.86. The summed E-state index contributed by atoms with van der Waals surface area (Å²) in [6, 6.07) is 1.38. The average Bonchev–Trinajstić information content (AvgIpc) is 1.61. The van der Waals surface area contributed by atoms with Crippen molar-refractivity contribution in [3.63, 3.8) is 0 Å². The van der Waals surface area contributed by atoms with Crippen LogP contribution in [-0.4, -0.2) is 8.67 Å². The molecule has 0 aliphatic heterocycles. The van der Waals surface area contributed by atoms with Crippen LogP contribution in [0.2, 0.25) is 6.04 Å². The van der Waals surface area contributed by atoms with Gasteiger partial charge in [0, 0.05) is 0 Å². The molecule has 0 N–H and O–H groups in total. The number of hydrogen-bond donors (Lipinski definition) is 0. The van der Waals surface area contributed by atoms with Gasteiger partial charge in [-0.25, -0.2) is 0 Å².